The molecule has 136 valence electrons. The Morgan fingerprint density at radius 3 is 2.74 bits per heavy atom. The highest BCUT2D eigenvalue weighted by Crippen LogP contribution is 2.28. The number of rotatable bonds is 5. The van der Waals surface area contributed by atoms with E-state index in [9.17, 15) is 4.79 Å². The van der Waals surface area contributed by atoms with Crippen molar-refractivity contribution in [2.24, 2.45) is 0 Å². The minimum Gasteiger partial charge on any atom is -0.462 e. The zero-order valence-corrected chi connectivity index (χ0v) is 15.8. The van der Waals surface area contributed by atoms with Gasteiger partial charge in [-0.15, -0.1) is 11.3 Å². The largest absolute Gasteiger partial charge is 0.462 e. The van der Waals surface area contributed by atoms with Crippen LogP contribution < -0.4 is 5.32 Å². The van der Waals surface area contributed by atoms with Crippen molar-refractivity contribution in [3.8, 4) is 10.8 Å². The first-order chi connectivity index (χ1) is 13.1. The normalized spacial score (nSPS) is 10.9. The molecule has 6 nitrogen and oxygen atoms in total. The van der Waals surface area contributed by atoms with Gasteiger partial charge in [-0.05, 0) is 31.5 Å². The zero-order valence-electron chi connectivity index (χ0n) is 15.0. The maximum atomic E-state index is 12.8. The van der Waals surface area contributed by atoms with Gasteiger partial charge in [0.1, 0.15) is 11.5 Å². The van der Waals surface area contributed by atoms with E-state index < -0.39 is 0 Å². The van der Waals surface area contributed by atoms with Gasteiger partial charge in [0.25, 0.3) is 5.91 Å². The molecular weight excluding hydrogens is 360 g/mol. The Bertz CT molecular complexity index is 1070. The Labute approximate surface area is 160 Å². The monoisotopic (exact) mass is 378 g/mol. The molecule has 1 amide bonds. The summed E-state index contributed by atoms with van der Waals surface area (Å²) in [5.41, 5.74) is 2.35. The molecule has 7 heteroatoms. The lowest BCUT2D eigenvalue weighted by Crippen LogP contribution is -2.17. The first kappa shape index (κ1) is 17.2. The number of carbonyl (C=O) groups is 1. The van der Waals surface area contributed by atoms with E-state index in [2.05, 4.69) is 15.4 Å². The van der Waals surface area contributed by atoms with Crippen LogP contribution in [-0.4, -0.2) is 20.7 Å². The number of furan rings is 1. The number of amides is 1. The summed E-state index contributed by atoms with van der Waals surface area (Å²) in [5, 5.41) is 8.12. The third-order valence-electron chi connectivity index (χ3n) is 4.06. The molecule has 27 heavy (non-hydrogen) atoms. The van der Waals surface area contributed by atoms with Crippen LogP contribution in [0.15, 0.2) is 59.2 Å². The van der Waals surface area contributed by atoms with Crippen LogP contribution in [0.4, 0.5) is 5.82 Å². The average molecular weight is 378 g/mol. The van der Waals surface area contributed by atoms with Gasteiger partial charge in [0.2, 0.25) is 0 Å². The van der Waals surface area contributed by atoms with Gasteiger partial charge in [0.05, 0.1) is 18.5 Å². The Balaban J connectivity index is 1.57. The lowest BCUT2D eigenvalue weighted by Gasteiger charge is -2.08. The van der Waals surface area contributed by atoms with E-state index >= 15 is 0 Å². The van der Waals surface area contributed by atoms with E-state index in [-0.39, 0.29) is 5.91 Å². The number of carbonyl (C=O) groups excluding carboxylic acids is 1. The Hall–Kier alpha value is -3.19. The summed E-state index contributed by atoms with van der Waals surface area (Å²) < 4.78 is 7.17. The van der Waals surface area contributed by atoms with Gasteiger partial charge in [-0.3, -0.25) is 4.79 Å². The standard InChI is InChI=1S/C20H18N4O2S/c1-13-11-17(24(23-13)12-15-7-4-3-5-8-15)21-19(25)18-14(2)27-20(22-18)16-9-6-10-26-16/h3-11H,12H2,1-2H3,(H,21,25). The minimum absolute atomic E-state index is 0.254. The SMILES string of the molecule is Cc1cc(NC(=O)c2nc(-c3ccco3)sc2C)n(Cc2ccccc2)n1. The molecule has 0 saturated carbocycles. The molecule has 0 spiro atoms. The average Bonchev–Trinajstić information content (AvgIpc) is 3.37. The quantitative estimate of drug-likeness (QED) is 0.554. The topological polar surface area (TPSA) is 73.0 Å². The molecule has 1 aromatic carbocycles. The van der Waals surface area contributed by atoms with E-state index in [0.717, 1.165) is 16.1 Å². The minimum atomic E-state index is -0.254. The molecule has 3 heterocycles. The smallest absolute Gasteiger partial charge is 0.276 e. The van der Waals surface area contributed by atoms with Crippen molar-refractivity contribution < 1.29 is 9.21 Å². The molecule has 4 rings (SSSR count). The fourth-order valence-electron chi connectivity index (χ4n) is 2.81. The summed E-state index contributed by atoms with van der Waals surface area (Å²) in [6, 6.07) is 15.5. The van der Waals surface area contributed by atoms with Crippen LogP contribution in [0.1, 0.15) is 26.6 Å². The molecule has 0 fully saturated rings. The predicted molar refractivity (Wildman–Crippen MR) is 105 cm³/mol. The lowest BCUT2D eigenvalue weighted by atomic mass is 10.2. The van der Waals surface area contributed by atoms with Crippen LogP contribution in [0.5, 0.6) is 0 Å². The molecule has 0 aliphatic rings. The van der Waals surface area contributed by atoms with Crippen LogP contribution >= 0.6 is 11.3 Å². The predicted octanol–water partition coefficient (Wildman–Crippen LogP) is 4.52. The third-order valence-corrected chi connectivity index (χ3v) is 5.05. The fraction of sp³-hybridized carbons (Fsp3) is 0.150. The maximum Gasteiger partial charge on any atom is 0.276 e. The first-order valence-electron chi connectivity index (χ1n) is 8.51. The number of aromatic nitrogens is 3. The highest BCUT2D eigenvalue weighted by Gasteiger charge is 2.19. The van der Waals surface area contributed by atoms with Crippen molar-refractivity contribution in [1.29, 1.82) is 0 Å². The molecule has 0 aliphatic heterocycles. The van der Waals surface area contributed by atoms with Crippen molar-refractivity contribution >= 4 is 23.1 Å². The second kappa shape index (κ2) is 7.20. The first-order valence-corrected chi connectivity index (χ1v) is 9.33. The molecular formula is C20H18N4O2S. The fourth-order valence-corrected chi connectivity index (χ4v) is 3.69. The van der Waals surface area contributed by atoms with E-state index in [1.807, 2.05) is 56.3 Å². The number of nitrogens with zero attached hydrogens (tertiary/aromatic N) is 3. The van der Waals surface area contributed by atoms with Gasteiger partial charge >= 0.3 is 0 Å². The van der Waals surface area contributed by atoms with Crippen molar-refractivity contribution in [3.05, 3.63) is 76.6 Å². The van der Waals surface area contributed by atoms with E-state index in [4.69, 9.17) is 4.42 Å². The van der Waals surface area contributed by atoms with Crippen molar-refractivity contribution in [3.63, 3.8) is 0 Å². The lowest BCUT2D eigenvalue weighted by molar-refractivity contribution is 0.102. The van der Waals surface area contributed by atoms with Crippen molar-refractivity contribution in [1.82, 2.24) is 14.8 Å². The number of nitrogens with one attached hydrogen (secondary N) is 1. The van der Waals surface area contributed by atoms with Crippen LogP contribution in [0, 0.1) is 13.8 Å². The molecule has 1 N–H and O–H groups in total. The van der Waals surface area contributed by atoms with Gasteiger partial charge in [-0.2, -0.15) is 5.10 Å². The molecule has 4 aromatic rings. The van der Waals surface area contributed by atoms with E-state index in [1.54, 1.807) is 17.0 Å². The molecule has 0 saturated heterocycles. The van der Waals surface area contributed by atoms with Gasteiger partial charge < -0.3 is 9.73 Å². The molecule has 0 bridgehead atoms. The van der Waals surface area contributed by atoms with Gasteiger partial charge in [-0.1, -0.05) is 30.3 Å². The summed E-state index contributed by atoms with van der Waals surface area (Å²) >= 11 is 1.43. The second-order valence-corrected chi connectivity index (χ2v) is 7.37. The Morgan fingerprint density at radius 2 is 2.00 bits per heavy atom. The van der Waals surface area contributed by atoms with E-state index in [1.165, 1.54) is 11.3 Å². The summed E-state index contributed by atoms with van der Waals surface area (Å²) in [4.78, 5) is 18.1. The second-order valence-electron chi connectivity index (χ2n) is 6.17. The highest BCUT2D eigenvalue weighted by atomic mass is 32.1. The molecule has 0 unspecified atom stereocenters. The Morgan fingerprint density at radius 1 is 1.19 bits per heavy atom. The van der Waals surface area contributed by atoms with E-state index in [0.29, 0.717) is 28.8 Å². The summed E-state index contributed by atoms with van der Waals surface area (Å²) in [5.74, 6) is 1.05. The molecule has 3 aromatic heterocycles. The molecule has 0 radical (unpaired) electrons. The van der Waals surface area contributed by atoms with Gasteiger partial charge in [0, 0.05) is 10.9 Å². The molecule has 0 aliphatic carbocycles. The summed E-state index contributed by atoms with van der Waals surface area (Å²) in [7, 11) is 0. The van der Waals surface area contributed by atoms with Gasteiger partial charge in [0.15, 0.2) is 10.8 Å². The maximum absolute atomic E-state index is 12.8. The van der Waals surface area contributed by atoms with Crippen LogP contribution in [0.2, 0.25) is 0 Å². The van der Waals surface area contributed by atoms with Crippen molar-refractivity contribution in [2.75, 3.05) is 5.32 Å². The Kier molecular flexibility index (Phi) is 4.60. The van der Waals surface area contributed by atoms with Crippen LogP contribution in [0.3, 0.4) is 0 Å². The number of hydrogen-bond donors (Lipinski definition) is 1. The summed E-state index contributed by atoms with van der Waals surface area (Å²) in [6.45, 7) is 4.36. The number of hydrogen-bond acceptors (Lipinski definition) is 5. The molecule has 0 atom stereocenters. The highest BCUT2D eigenvalue weighted by molar-refractivity contribution is 7.15. The number of thiazole rings is 1. The van der Waals surface area contributed by atoms with Crippen LogP contribution in [0.25, 0.3) is 10.8 Å². The van der Waals surface area contributed by atoms with Crippen molar-refractivity contribution in [2.45, 2.75) is 20.4 Å². The van der Waals surface area contributed by atoms with Crippen LogP contribution in [-0.2, 0) is 6.54 Å². The zero-order chi connectivity index (χ0) is 18.8. The number of aryl methyl sites for hydroxylation is 2. The number of anilines is 1. The third kappa shape index (κ3) is 3.68. The van der Waals surface area contributed by atoms with Gasteiger partial charge in [-0.25, -0.2) is 9.67 Å². The number of benzene rings is 1. The summed E-state index contributed by atoms with van der Waals surface area (Å²) in [6.07, 6.45) is 1.59.